The van der Waals surface area contributed by atoms with Crippen molar-refractivity contribution in [1.29, 1.82) is 10.5 Å². The highest BCUT2D eigenvalue weighted by Crippen LogP contribution is 2.30. The predicted molar refractivity (Wildman–Crippen MR) is 165 cm³/mol. The van der Waals surface area contributed by atoms with Crippen molar-refractivity contribution in [3.63, 3.8) is 0 Å². The highest BCUT2D eigenvalue weighted by molar-refractivity contribution is 5.80. The molecule has 0 radical (unpaired) electrons. The molecule has 1 aromatic heterocycles. The summed E-state index contributed by atoms with van der Waals surface area (Å²) in [5, 5.41) is 32.4. The van der Waals surface area contributed by atoms with Crippen LogP contribution >= 0.6 is 0 Å². The van der Waals surface area contributed by atoms with E-state index in [0.717, 1.165) is 45.1 Å². The number of alkyl halides is 1. The second kappa shape index (κ2) is 13.6. The molecule has 3 aliphatic heterocycles. The van der Waals surface area contributed by atoms with Crippen LogP contribution in [0.25, 0.3) is 11.4 Å². The quantitative estimate of drug-likeness (QED) is 0.375. The molecule has 238 valence electrons. The molecular weight excluding hydrogens is 593 g/mol. The number of halogens is 1. The summed E-state index contributed by atoms with van der Waals surface area (Å²) in [6.45, 7) is 6.50. The Kier molecular flexibility index (Phi) is 9.21. The number of rotatable bonds is 8. The summed E-state index contributed by atoms with van der Waals surface area (Å²) in [7, 11) is 0. The maximum atomic E-state index is 14.9. The molecule has 0 spiro atoms. The van der Waals surface area contributed by atoms with E-state index in [9.17, 15) is 24.8 Å². The highest BCUT2D eigenvalue weighted by atomic mass is 19.1. The van der Waals surface area contributed by atoms with E-state index in [0.29, 0.717) is 28.7 Å². The number of likely N-dealkylation sites (tertiary alicyclic amines) is 1. The third-order valence-corrected chi connectivity index (χ3v) is 8.52. The summed E-state index contributed by atoms with van der Waals surface area (Å²) in [6, 6.07) is 15.3. The molecule has 2 N–H and O–H groups in total. The van der Waals surface area contributed by atoms with Gasteiger partial charge in [0.15, 0.2) is 12.0 Å². The van der Waals surface area contributed by atoms with Gasteiger partial charge in [-0.2, -0.15) is 15.5 Å². The zero-order valence-electron chi connectivity index (χ0n) is 25.3. The number of anilines is 3. The number of aromatic nitrogens is 3. The number of amides is 1. The molecule has 13 nitrogen and oxygen atoms in total. The van der Waals surface area contributed by atoms with E-state index in [2.05, 4.69) is 42.2 Å². The van der Waals surface area contributed by atoms with Gasteiger partial charge in [-0.05, 0) is 43.3 Å². The van der Waals surface area contributed by atoms with Gasteiger partial charge in [-0.1, -0.05) is 0 Å². The normalized spacial score (nSPS) is 21.1. The van der Waals surface area contributed by atoms with Gasteiger partial charge in [0, 0.05) is 50.4 Å². The Balaban J connectivity index is 1.11. The van der Waals surface area contributed by atoms with Crippen LogP contribution < -0.4 is 15.0 Å². The number of nitrogens with zero attached hydrogens (tertiary/aromatic N) is 8. The van der Waals surface area contributed by atoms with Crippen molar-refractivity contribution >= 4 is 23.2 Å². The van der Waals surface area contributed by atoms with Crippen molar-refractivity contribution < 1.29 is 23.8 Å². The number of piperidine rings is 1. The lowest BCUT2D eigenvalue weighted by Gasteiger charge is -2.43. The predicted octanol–water partition coefficient (Wildman–Crippen LogP) is 2.24. The standard InChI is InChI=1S/C32H34FN9O4/c1-20(43)31(44)42-7-6-29(26(33)16-42)46-28-5-2-21(12-23(28)15-35)30-36-19-37-32(39-30)38-24-3-4-27(22(13-24)14-34)41-10-8-40(9-11-41)25-17-45-18-25/h2-5,12-13,19-20,25-26,29,43H,6-11,16-18H2,1H3,(H,36,37,38,39)/t20?,26-,29+/m1/s1. The molecule has 4 heterocycles. The fourth-order valence-electron chi connectivity index (χ4n) is 5.87. The zero-order valence-corrected chi connectivity index (χ0v) is 25.3. The molecule has 6 rings (SSSR count). The van der Waals surface area contributed by atoms with Gasteiger partial charge in [-0.15, -0.1) is 0 Å². The average Bonchev–Trinajstić information content (AvgIpc) is 3.05. The highest BCUT2D eigenvalue weighted by Gasteiger charge is 2.34. The summed E-state index contributed by atoms with van der Waals surface area (Å²) < 4.78 is 26.1. The molecule has 3 atom stereocenters. The zero-order chi connectivity index (χ0) is 32.2. The van der Waals surface area contributed by atoms with Crippen LogP contribution in [0, 0.1) is 22.7 Å². The minimum absolute atomic E-state index is 0.179. The number of nitriles is 2. The second-order valence-corrected chi connectivity index (χ2v) is 11.6. The van der Waals surface area contributed by atoms with Crippen molar-refractivity contribution in [3.05, 3.63) is 53.9 Å². The van der Waals surface area contributed by atoms with Gasteiger partial charge in [0.2, 0.25) is 5.95 Å². The molecule has 3 aromatic rings. The molecule has 3 saturated heterocycles. The third-order valence-electron chi connectivity index (χ3n) is 8.52. The summed E-state index contributed by atoms with van der Waals surface area (Å²) in [6.07, 6.45) is -1.96. The lowest BCUT2D eigenvalue weighted by Crippen LogP contribution is -2.56. The number of carbonyl (C=O) groups excluding carboxylic acids is 1. The number of aliphatic hydroxyl groups excluding tert-OH is 1. The summed E-state index contributed by atoms with van der Waals surface area (Å²) in [4.78, 5) is 31.0. The lowest BCUT2D eigenvalue weighted by atomic mass is 10.0. The number of ether oxygens (including phenoxy) is 2. The largest absolute Gasteiger partial charge is 0.486 e. The third kappa shape index (κ3) is 6.70. The van der Waals surface area contributed by atoms with E-state index >= 15 is 0 Å². The van der Waals surface area contributed by atoms with Crippen LogP contribution in [0.2, 0.25) is 0 Å². The fraction of sp³-hybridized carbons (Fsp3) is 0.438. The lowest BCUT2D eigenvalue weighted by molar-refractivity contribution is -0.143. The van der Waals surface area contributed by atoms with Crippen LogP contribution in [0.5, 0.6) is 5.75 Å². The second-order valence-electron chi connectivity index (χ2n) is 11.6. The number of carbonyl (C=O) groups is 1. The van der Waals surface area contributed by atoms with Gasteiger partial charge in [-0.3, -0.25) is 9.69 Å². The average molecular weight is 628 g/mol. The number of nitrogens with one attached hydrogen (secondary N) is 1. The number of hydrogen-bond acceptors (Lipinski definition) is 12. The summed E-state index contributed by atoms with van der Waals surface area (Å²) >= 11 is 0. The van der Waals surface area contributed by atoms with Gasteiger partial charge >= 0.3 is 0 Å². The first-order valence-corrected chi connectivity index (χ1v) is 15.2. The monoisotopic (exact) mass is 627 g/mol. The number of aliphatic hydroxyl groups is 1. The maximum absolute atomic E-state index is 14.9. The van der Waals surface area contributed by atoms with E-state index in [-0.39, 0.29) is 36.8 Å². The van der Waals surface area contributed by atoms with Crippen molar-refractivity contribution in [1.82, 2.24) is 24.8 Å². The van der Waals surface area contributed by atoms with E-state index in [1.54, 1.807) is 24.3 Å². The smallest absolute Gasteiger partial charge is 0.251 e. The minimum Gasteiger partial charge on any atom is -0.486 e. The van der Waals surface area contributed by atoms with Crippen LogP contribution in [0.15, 0.2) is 42.7 Å². The first kappa shape index (κ1) is 31.1. The summed E-state index contributed by atoms with van der Waals surface area (Å²) in [5.74, 6) is 0.252. The van der Waals surface area contributed by atoms with Gasteiger partial charge in [0.05, 0.1) is 42.6 Å². The number of hydrogen-bond donors (Lipinski definition) is 2. The molecule has 0 aliphatic carbocycles. The van der Waals surface area contributed by atoms with Crippen molar-refractivity contribution in [2.24, 2.45) is 0 Å². The molecule has 14 heteroatoms. The number of benzene rings is 2. The Bertz CT molecular complexity index is 1660. The van der Waals surface area contributed by atoms with Crippen LogP contribution in [0.3, 0.4) is 0 Å². The van der Waals surface area contributed by atoms with Gasteiger partial charge in [0.1, 0.15) is 36.4 Å². The van der Waals surface area contributed by atoms with E-state index in [1.807, 2.05) is 12.1 Å². The first-order chi connectivity index (χ1) is 22.3. The van der Waals surface area contributed by atoms with Crippen LogP contribution in [-0.2, 0) is 9.53 Å². The van der Waals surface area contributed by atoms with Gasteiger partial charge < -0.3 is 29.7 Å². The van der Waals surface area contributed by atoms with Crippen LogP contribution in [0.4, 0.5) is 21.7 Å². The van der Waals surface area contributed by atoms with Gasteiger partial charge in [0.25, 0.3) is 5.91 Å². The molecule has 3 fully saturated rings. The fourth-order valence-corrected chi connectivity index (χ4v) is 5.87. The molecule has 0 saturated carbocycles. The molecule has 1 amide bonds. The van der Waals surface area contributed by atoms with E-state index < -0.39 is 24.3 Å². The molecule has 1 unspecified atom stereocenters. The van der Waals surface area contributed by atoms with Crippen LogP contribution in [0.1, 0.15) is 24.5 Å². The first-order valence-electron chi connectivity index (χ1n) is 15.2. The molecule has 46 heavy (non-hydrogen) atoms. The topological polar surface area (TPSA) is 164 Å². The Morgan fingerprint density at radius 1 is 1.09 bits per heavy atom. The Morgan fingerprint density at radius 3 is 2.54 bits per heavy atom. The molecule has 2 aromatic carbocycles. The Labute approximate surface area is 265 Å². The molecule has 0 bridgehead atoms. The SMILES string of the molecule is CC(O)C(=O)N1CC[C@H](Oc2ccc(-c3ncnc(Nc4ccc(N5CCN(C6COC6)CC5)c(C#N)c4)n3)cc2C#N)[C@H](F)C1. The van der Waals surface area contributed by atoms with Crippen molar-refractivity contribution in [2.75, 3.05) is 62.7 Å². The molecule has 3 aliphatic rings. The van der Waals surface area contributed by atoms with E-state index in [1.165, 1.54) is 18.2 Å². The van der Waals surface area contributed by atoms with Crippen LogP contribution in [-0.4, -0.2) is 113 Å². The number of piperazine rings is 1. The van der Waals surface area contributed by atoms with E-state index in [4.69, 9.17) is 9.47 Å². The van der Waals surface area contributed by atoms with Crippen molar-refractivity contribution in [3.8, 4) is 29.3 Å². The van der Waals surface area contributed by atoms with Gasteiger partial charge in [-0.25, -0.2) is 14.4 Å². The minimum atomic E-state index is -1.48. The van der Waals surface area contributed by atoms with Crippen molar-refractivity contribution in [2.45, 2.75) is 37.8 Å². The molecular formula is C32H34FN9O4. The Morgan fingerprint density at radius 2 is 1.87 bits per heavy atom. The summed E-state index contributed by atoms with van der Waals surface area (Å²) in [5.41, 5.74) is 2.79. The maximum Gasteiger partial charge on any atom is 0.251 e. The Hall–Kier alpha value is -4.89.